The Morgan fingerprint density at radius 2 is 2.19 bits per heavy atom. The van der Waals surface area contributed by atoms with Crippen molar-refractivity contribution >= 4 is 11.9 Å². The predicted molar refractivity (Wildman–Crippen MR) is 51.0 cm³/mol. The van der Waals surface area contributed by atoms with Gasteiger partial charge in [0.2, 0.25) is 0 Å². The fourth-order valence-corrected chi connectivity index (χ4v) is 2.74. The average molecular weight is 222 g/mol. The number of carboxylic acid groups (broad SMARTS) is 2. The van der Waals surface area contributed by atoms with Crippen molar-refractivity contribution in [2.24, 2.45) is 23.5 Å². The van der Waals surface area contributed by atoms with E-state index in [1.165, 1.54) is 6.08 Å². The molecule has 2 aliphatic rings. The lowest BCUT2D eigenvalue weighted by atomic mass is 9.90. The van der Waals surface area contributed by atoms with Gasteiger partial charge in [0.15, 0.2) is 0 Å². The van der Waals surface area contributed by atoms with E-state index in [2.05, 4.69) is 0 Å². The van der Waals surface area contributed by atoms with Crippen LogP contribution in [0, 0.1) is 29.1 Å². The van der Waals surface area contributed by atoms with Crippen LogP contribution >= 0.6 is 0 Å². The van der Waals surface area contributed by atoms with Crippen molar-refractivity contribution in [3.8, 4) is 6.07 Å². The molecule has 0 unspecified atom stereocenters. The lowest BCUT2D eigenvalue weighted by Gasteiger charge is -2.21. The molecule has 0 saturated heterocycles. The number of allylic oxidation sites excluding steroid dienone is 1. The zero-order valence-electron chi connectivity index (χ0n) is 8.25. The second-order valence-corrected chi connectivity index (χ2v) is 4.29. The van der Waals surface area contributed by atoms with E-state index in [4.69, 9.17) is 21.2 Å². The summed E-state index contributed by atoms with van der Waals surface area (Å²) >= 11 is 0. The quantitative estimate of drug-likeness (QED) is 0.544. The van der Waals surface area contributed by atoms with Gasteiger partial charge < -0.3 is 15.9 Å². The summed E-state index contributed by atoms with van der Waals surface area (Å²) in [5, 5.41) is 26.5. The highest BCUT2D eigenvalue weighted by Crippen LogP contribution is 2.63. The van der Waals surface area contributed by atoms with Gasteiger partial charge in [-0.2, -0.15) is 5.26 Å². The lowest BCUT2D eigenvalue weighted by molar-refractivity contribution is -0.145. The highest BCUT2D eigenvalue weighted by Gasteiger charge is 2.72. The zero-order chi connectivity index (χ0) is 12.1. The maximum atomic E-state index is 11.1. The van der Waals surface area contributed by atoms with Gasteiger partial charge in [-0.15, -0.1) is 0 Å². The molecule has 16 heavy (non-hydrogen) atoms. The summed E-state index contributed by atoms with van der Waals surface area (Å²) in [5.41, 5.74) is 4.74. The molecule has 0 bridgehead atoms. The van der Waals surface area contributed by atoms with Crippen LogP contribution in [0.4, 0.5) is 0 Å². The molecule has 0 radical (unpaired) electrons. The third-order valence-corrected chi connectivity index (χ3v) is 3.47. The molecule has 84 valence electrons. The molecule has 2 aliphatic carbocycles. The Morgan fingerprint density at radius 3 is 2.62 bits per heavy atom. The first-order valence-electron chi connectivity index (χ1n) is 4.77. The third-order valence-electron chi connectivity index (χ3n) is 3.47. The molecule has 0 aliphatic heterocycles. The maximum absolute atomic E-state index is 11.1. The van der Waals surface area contributed by atoms with Crippen LogP contribution in [0.25, 0.3) is 0 Å². The van der Waals surface area contributed by atoms with E-state index in [1.807, 2.05) is 0 Å². The van der Waals surface area contributed by atoms with Crippen molar-refractivity contribution in [1.82, 2.24) is 0 Å². The summed E-state index contributed by atoms with van der Waals surface area (Å²) in [6, 6.07) is 1.80. The number of nitriles is 1. The summed E-state index contributed by atoms with van der Waals surface area (Å²) < 4.78 is 0. The maximum Gasteiger partial charge on any atom is 0.324 e. The van der Waals surface area contributed by atoms with Gasteiger partial charge in [-0.25, -0.2) is 0 Å². The van der Waals surface area contributed by atoms with Crippen LogP contribution in [0.15, 0.2) is 11.6 Å². The Labute approximate surface area is 91.0 Å². The first kappa shape index (κ1) is 10.6. The van der Waals surface area contributed by atoms with E-state index in [1.54, 1.807) is 6.07 Å². The molecular weight excluding hydrogens is 212 g/mol. The van der Waals surface area contributed by atoms with E-state index in [0.717, 1.165) is 0 Å². The number of carbonyl (C=O) groups is 2. The summed E-state index contributed by atoms with van der Waals surface area (Å²) in [4.78, 5) is 21.9. The lowest BCUT2D eigenvalue weighted by Crippen LogP contribution is -2.49. The number of hydrogen-bond donors (Lipinski definition) is 3. The van der Waals surface area contributed by atoms with Crippen LogP contribution in [0.5, 0.6) is 0 Å². The fourth-order valence-electron chi connectivity index (χ4n) is 2.74. The smallest absolute Gasteiger partial charge is 0.324 e. The largest absolute Gasteiger partial charge is 0.481 e. The second-order valence-electron chi connectivity index (χ2n) is 4.29. The zero-order valence-corrected chi connectivity index (χ0v) is 8.25. The standard InChI is InChI=1S/C10H10N2O4/c11-2-1-4-3-10(12,9(15)16)7-5(4)6(7)8(13)14/h1,5-7H,3,12H2,(H,13,14)(H,15,16)/t5-,6-,7-,10-/m0/s1. The fraction of sp³-hybridized carbons (Fsp3) is 0.500. The number of fused-ring (bicyclic) bond motifs is 1. The minimum absolute atomic E-state index is 0.0645. The van der Waals surface area contributed by atoms with Gasteiger partial charge in [-0.1, -0.05) is 5.57 Å². The predicted octanol–water partition coefficient (Wildman–Crippen LogP) is -0.431. The van der Waals surface area contributed by atoms with Gasteiger partial charge in [0.25, 0.3) is 0 Å². The van der Waals surface area contributed by atoms with Gasteiger partial charge in [0, 0.05) is 17.9 Å². The Morgan fingerprint density at radius 1 is 1.56 bits per heavy atom. The highest BCUT2D eigenvalue weighted by molar-refractivity contribution is 5.87. The Balaban J connectivity index is 2.37. The molecule has 6 nitrogen and oxygen atoms in total. The molecule has 6 heteroatoms. The van der Waals surface area contributed by atoms with Crippen LogP contribution in [-0.4, -0.2) is 27.7 Å². The van der Waals surface area contributed by atoms with E-state index >= 15 is 0 Å². The molecule has 0 heterocycles. The number of rotatable bonds is 2. The van der Waals surface area contributed by atoms with Crippen molar-refractivity contribution in [3.05, 3.63) is 11.6 Å². The average Bonchev–Trinajstić information content (AvgIpc) is 2.85. The van der Waals surface area contributed by atoms with Crippen molar-refractivity contribution in [2.75, 3.05) is 0 Å². The molecule has 0 aromatic carbocycles. The van der Waals surface area contributed by atoms with Crippen LogP contribution in [0.1, 0.15) is 6.42 Å². The van der Waals surface area contributed by atoms with Gasteiger partial charge >= 0.3 is 11.9 Å². The highest BCUT2D eigenvalue weighted by atomic mass is 16.4. The van der Waals surface area contributed by atoms with Gasteiger partial charge in [-0.3, -0.25) is 9.59 Å². The summed E-state index contributed by atoms with van der Waals surface area (Å²) in [5.74, 6) is -3.96. The van der Waals surface area contributed by atoms with Gasteiger partial charge in [0.05, 0.1) is 12.0 Å². The Hall–Kier alpha value is -1.87. The van der Waals surface area contributed by atoms with Crippen molar-refractivity contribution in [2.45, 2.75) is 12.0 Å². The van der Waals surface area contributed by atoms with Crippen molar-refractivity contribution in [3.63, 3.8) is 0 Å². The SMILES string of the molecule is N#CC=C1C[C@@](N)(C(=O)O)[C@@H]2[C@@H](C(=O)O)[C@H]12. The Bertz CT molecular complexity index is 450. The molecular formula is C10H10N2O4. The van der Waals surface area contributed by atoms with E-state index in [0.29, 0.717) is 5.57 Å². The molecule has 2 fully saturated rings. The molecule has 2 rings (SSSR count). The normalized spacial score (nSPS) is 42.5. The summed E-state index contributed by atoms with van der Waals surface area (Å²) in [6.07, 6.45) is 1.28. The van der Waals surface area contributed by atoms with Gasteiger partial charge in [-0.05, 0) is 6.42 Å². The van der Waals surface area contributed by atoms with Crippen molar-refractivity contribution in [1.29, 1.82) is 5.26 Å². The number of aliphatic carboxylic acids is 2. The van der Waals surface area contributed by atoms with E-state index in [9.17, 15) is 9.59 Å². The topological polar surface area (TPSA) is 124 Å². The minimum Gasteiger partial charge on any atom is -0.481 e. The van der Waals surface area contributed by atoms with Crippen LogP contribution in [-0.2, 0) is 9.59 Å². The molecule has 2 saturated carbocycles. The third kappa shape index (κ3) is 1.15. The Kier molecular flexibility index (Phi) is 2.03. The second kappa shape index (κ2) is 3.06. The number of hydrogen-bond acceptors (Lipinski definition) is 4. The molecule has 0 amide bonds. The first-order valence-corrected chi connectivity index (χ1v) is 4.77. The van der Waals surface area contributed by atoms with E-state index in [-0.39, 0.29) is 12.3 Å². The van der Waals surface area contributed by atoms with Crippen LogP contribution < -0.4 is 5.73 Å². The number of nitrogens with two attached hydrogens (primary N) is 1. The summed E-state index contributed by atoms with van der Waals surface area (Å²) in [7, 11) is 0. The van der Waals surface area contributed by atoms with Crippen molar-refractivity contribution < 1.29 is 19.8 Å². The number of carboxylic acids is 2. The van der Waals surface area contributed by atoms with E-state index < -0.39 is 29.3 Å². The van der Waals surface area contributed by atoms with Gasteiger partial charge in [0.1, 0.15) is 5.54 Å². The molecule has 0 aromatic rings. The van der Waals surface area contributed by atoms with Crippen LogP contribution in [0.3, 0.4) is 0 Å². The van der Waals surface area contributed by atoms with Crippen LogP contribution in [0.2, 0.25) is 0 Å². The molecule has 0 aromatic heterocycles. The monoisotopic (exact) mass is 222 g/mol. The first-order chi connectivity index (χ1) is 7.43. The minimum atomic E-state index is -1.53. The number of nitrogens with zero attached hydrogens (tertiary/aromatic N) is 1. The molecule has 0 spiro atoms. The molecule has 4 N–H and O–H groups in total. The summed E-state index contributed by atoms with van der Waals surface area (Å²) in [6.45, 7) is 0. The molecule has 4 atom stereocenters.